The van der Waals surface area contributed by atoms with Gasteiger partial charge in [-0.1, -0.05) is 12.1 Å². The van der Waals surface area contributed by atoms with E-state index in [1.807, 2.05) is 0 Å². The van der Waals surface area contributed by atoms with Gasteiger partial charge in [-0.2, -0.15) is 5.10 Å². The van der Waals surface area contributed by atoms with E-state index in [0.717, 1.165) is 10.9 Å². The van der Waals surface area contributed by atoms with Crippen molar-refractivity contribution in [3.05, 3.63) is 61.9 Å². The Morgan fingerprint density at radius 3 is 2.24 bits per heavy atom. The number of non-ortho nitro benzene ring substituents is 1. The SMILES string of the molecule is O=C(O)c1nn(Cc2ccc([N+](=O)[O-])cc2)cc1[N+](=O)[O-]. The van der Waals surface area contributed by atoms with Crippen LogP contribution in [0.25, 0.3) is 0 Å². The van der Waals surface area contributed by atoms with Gasteiger partial charge in [0.05, 0.1) is 16.4 Å². The van der Waals surface area contributed by atoms with E-state index in [-0.39, 0.29) is 12.2 Å². The molecule has 0 aliphatic carbocycles. The Kier molecular flexibility index (Phi) is 3.61. The molecule has 108 valence electrons. The lowest BCUT2D eigenvalue weighted by molar-refractivity contribution is -0.385. The predicted octanol–water partition coefficient (Wildman–Crippen LogP) is 1.45. The molecule has 0 unspecified atom stereocenters. The number of rotatable bonds is 5. The molecule has 2 aromatic rings. The second kappa shape index (κ2) is 5.36. The summed E-state index contributed by atoms with van der Waals surface area (Å²) in [6.45, 7) is 0.0616. The zero-order valence-corrected chi connectivity index (χ0v) is 10.4. The molecule has 0 aliphatic rings. The monoisotopic (exact) mass is 292 g/mol. The number of nitro groups is 2. The highest BCUT2D eigenvalue weighted by Gasteiger charge is 2.25. The minimum Gasteiger partial charge on any atom is -0.476 e. The molecule has 2 rings (SSSR count). The molecule has 1 heterocycles. The summed E-state index contributed by atoms with van der Waals surface area (Å²) in [6.07, 6.45) is 1.00. The van der Waals surface area contributed by atoms with E-state index in [1.54, 1.807) is 0 Å². The number of nitro benzene ring substituents is 1. The average Bonchev–Trinajstić information content (AvgIpc) is 2.83. The third-order valence-corrected chi connectivity index (χ3v) is 2.63. The molecule has 0 amide bonds. The van der Waals surface area contributed by atoms with Crippen molar-refractivity contribution >= 4 is 17.3 Å². The first-order valence-electron chi connectivity index (χ1n) is 5.57. The minimum atomic E-state index is -1.50. The maximum absolute atomic E-state index is 10.9. The molecular formula is C11H8N4O6. The number of hydrogen-bond donors (Lipinski definition) is 1. The Bertz CT molecular complexity index is 689. The summed E-state index contributed by atoms with van der Waals surface area (Å²) in [4.78, 5) is 30.7. The van der Waals surface area contributed by atoms with E-state index in [1.165, 1.54) is 24.3 Å². The number of aromatic nitrogens is 2. The van der Waals surface area contributed by atoms with E-state index in [0.29, 0.717) is 5.56 Å². The van der Waals surface area contributed by atoms with Gasteiger partial charge in [0.1, 0.15) is 6.20 Å². The standard InChI is InChI=1S/C11H8N4O6/c16-11(17)10-9(15(20)21)6-13(12-10)5-7-1-3-8(4-2-7)14(18)19/h1-4,6H,5H2,(H,16,17). The molecule has 0 bridgehead atoms. The van der Waals surface area contributed by atoms with E-state index in [9.17, 15) is 25.0 Å². The van der Waals surface area contributed by atoms with E-state index in [2.05, 4.69) is 5.10 Å². The van der Waals surface area contributed by atoms with Crippen LogP contribution in [0.15, 0.2) is 30.5 Å². The number of carbonyl (C=O) groups is 1. The lowest BCUT2D eigenvalue weighted by Crippen LogP contribution is -2.04. The molecule has 0 spiro atoms. The van der Waals surface area contributed by atoms with Crippen molar-refractivity contribution in [2.45, 2.75) is 6.54 Å². The van der Waals surface area contributed by atoms with Crippen molar-refractivity contribution in [2.75, 3.05) is 0 Å². The number of carboxylic acid groups (broad SMARTS) is 1. The normalized spacial score (nSPS) is 10.3. The molecule has 0 radical (unpaired) electrons. The second-order valence-corrected chi connectivity index (χ2v) is 4.05. The molecule has 0 atom stereocenters. The quantitative estimate of drug-likeness (QED) is 0.649. The maximum atomic E-state index is 10.9. The minimum absolute atomic E-state index is 0.0616. The molecule has 0 saturated carbocycles. The van der Waals surface area contributed by atoms with Gasteiger partial charge in [0.25, 0.3) is 5.69 Å². The molecule has 0 fully saturated rings. The van der Waals surface area contributed by atoms with Crippen LogP contribution in [0, 0.1) is 20.2 Å². The first-order valence-corrected chi connectivity index (χ1v) is 5.57. The van der Waals surface area contributed by atoms with Crippen molar-refractivity contribution in [3.8, 4) is 0 Å². The maximum Gasteiger partial charge on any atom is 0.363 e. The van der Waals surface area contributed by atoms with Crippen LogP contribution >= 0.6 is 0 Å². The zero-order valence-electron chi connectivity index (χ0n) is 10.4. The summed E-state index contributed by atoms with van der Waals surface area (Å²) in [5.41, 5.74) is -0.752. The summed E-state index contributed by atoms with van der Waals surface area (Å²) in [6, 6.07) is 5.49. The van der Waals surface area contributed by atoms with Gasteiger partial charge in [0.2, 0.25) is 5.69 Å². The largest absolute Gasteiger partial charge is 0.476 e. The Balaban J connectivity index is 2.27. The van der Waals surface area contributed by atoms with Crippen LogP contribution in [0.1, 0.15) is 16.1 Å². The van der Waals surface area contributed by atoms with E-state index >= 15 is 0 Å². The fourth-order valence-corrected chi connectivity index (χ4v) is 1.69. The molecule has 10 nitrogen and oxygen atoms in total. The van der Waals surface area contributed by atoms with Crippen molar-refractivity contribution in [1.82, 2.24) is 9.78 Å². The van der Waals surface area contributed by atoms with Gasteiger partial charge >= 0.3 is 11.7 Å². The second-order valence-electron chi connectivity index (χ2n) is 4.05. The van der Waals surface area contributed by atoms with Crippen LogP contribution in [0.4, 0.5) is 11.4 Å². The molecule has 1 aromatic carbocycles. The predicted molar refractivity (Wildman–Crippen MR) is 68.0 cm³/mol. The Hall–Kier alpha value is -3.30. The average molecular weight is 292 g/mol. The first-order chi connectivity index (χ1) is 9.88. The lowest BCUT2D eigenvalue weighted by atomic mass is 10.2. The summed E-state index contributed by atoms with van der Waals surface area (Å²) in [5.74, 6) is -1.50. The molecule has 1 aromatic heterocycles. The molecular weight excluding hydrogens is 284 g/mol. The highest BCUT2D eigenvalue weighted by atomic mass is 16.6. The number of benzene rings is 1. The van der Waals surface area contributed by atoms with Gasteiger partial charge in [-0.25, -0.2) is 4.79 Å². The van der Waals surface area contributed by atoms with Crippen LogP contribution in [-0.4, -0.2) is 30.7 Å². The van der Waals surface area contributed by atoms with Gasteiger partial charge in [-0.3, -0.25) is 24.9 Å². The highest BCUT2D eigenvalue weighted by Crippen LogP contribution is 2.18. The van der Waals surface area contributed by atoms with Gasteiger partial charge in [-0.15, -0.1) is 0 Å². The van der Waals surface area contributed by atoms with E-state index in [4.69, 9.17) is 5.11 Å². The van der Waals surface area contributed by atoms with Crippen LogP contribution in [-0.2, 0) is 6.54 Å². The van der Waals surface area contributed by atoms with Crippen LogP contribution < -0.4 is 0 Å². The molecule has 0 aliphatic heterocycles. The van der Waals surface area contributed by atoms with E-state index < -0.39 is 27.2 Å². The topological polar surface area (TPSA) is 141 Å². The summed E-state index contributed by atoms with van der Waals surface area (Å²) in [7, 11) is 0. The van der Waals surface area contributed by atoms with Crippen molar-refractivity contribution in [3.63, 3.8) is 0 Å². The molecule has 1 N–H and O–H groups in total. The van der Waals surface area contributed by atoms with Gasteiger partial charge in [0, 0.05) is 12.1 Å². The molecule has 21 heavy (non-hydrogen) atoms. The van der Waals surface area contributed by atoms with Gasteiger partial charge in [-0.05, 0) is 5.56 Å². The highest BCUT2D eigenvalue weighted by molar-refractivity contribution is 5.89. The van der Waals surface area contributed by atoms with Gasteiger partial charge in [0.15, 0.2) is 0 Å². The smallest absolute Gasteiger partial charge is 0.363 e. The number of nitrogens with zero attached hydrogens (tertiary/aromatic N) is 4. The fraction of sp³-hybridized carbons (Fsp3) is 0.0909. The van der Waals surface area contributed by atoms with Crippen LogP contribution in [0.3, 0.4) is 0 Å². The third kappa shape index (κ3) is 3.00. The van der Waals surface area contributed by atoms with Crippen molar-refractivity contribution in [2.24, 2.45) is 0 Å². The Morgan fingerprint density at radius 1 is 1.19 bits per heavy atom. The number of hydrogen-bond acceptors (Lipinski definition) is 6. The lowest BCUT2D eigenvalue weighted by Gasteiger charge is -2.00. The Morgan fingerprint density at radius 2 is 1.81 bits per heavy atom. The fourth-order valence-electron chi connectivity index (χ4n) is 1.69. The third-order valence-electron chi connectivity index (χ3n) is 2.63. The zero-order chi connectivity index (χ0) is 15.6. The molecule has 10 heteroatoms. The van der Waals surface area contributed by atoms with Crippen LogP contribution in [0.5, 0.6) is 0 Å². The van der Waals surface area contributed by atoms with Crippen molar-refractivity contribution < 1.29 is 19.7 Å². The van der Waals surface area contributed by atoms with Crippen molar-refractivity contribution in [1.29, 1.82) is 0 Å². The van der Waals surface area contributed by atoms with Gasteiger partial charge < -0.3 is 5.11 Å². The molecule has 0 saturated heterocycles. The summed E-state index contributed by atoms with van der Waals surface area (Å²) >= 11 is 0. The first kappa shape index (κ1) is 14.1. The van der Waals surface area contributed by atoms with Crippen LogP contribution in [0.2, 0.25) is 0 Å². The Labute approximate surface area is 116 Å². The number of carboxylic acids is 1. The summed E-state index contributed by atoms with van der Waals surface area (Å²) in [5, 5.41) is 33.7. The number of aromatic carboxylic acids is 1. The summed E-state index contributed by atoms with van der Waals surface area (Å²) < 4.78 is 1.10.